The second kappa shape index (κ2) is 9.23. The van der Waals surface area contributed by atoms with E-state index in [1.807, 2.05) is 13.8 Å². The number of aliphatic hydroxyl groups excluding tert-OH is 1. The molecule has 2 heterocycles. The molecular weight excluding hydrogens is 477 g/mol. The number of pyridine rings is 1. The van der Waals surface area contributed by atoms with Crippen molar-refractivity contribution in [2.24, 2.45) is 5.92 Å². The first-order chi connectivity index (χ1) is 17.0. The van der Waals surface area contributed by atoms with E-state index in [4.69, 9.17) is 9.72 Å². The van der Waals surface area contributed by atoms with Gasteiger partial charge in [0.1, 0.15) is 5.82 Å². The predicted molar refractivity (Wildman–Crippen MR) is 124 cm³/mol. The van der Waals surface area contributed by atoms with Crippen molar-refractivity contribution in [1.82, 2.24) is 4.98 Å². The van der Waals surface area contributed by atoms with Crippen LogP contribution in [0.2, 0.25) is 0 Å². The smallest absolute Gasteiger partial charge is 0.368 e. The summed E-state index contributed by atoms with van der Waals surface area (Å²) in [5.41, 5.74) is 2.43. The average Bonchev–Trinajstić information content (AvgIpc) is 3.23. The standard InChI is InChI=1S/C28H26F5NO2/c1-14(2)26-24(25(30)16-3-8-18(9-4-16)28(31,32)33)22(15-5-10-19(29)11-6-15)23-20(34-26)12-7-17-13-21(35)36-27(17)23/h3-6,8-11,14,17,21,25,27,35H,7,12-13H2,1-2H3. The first-order valence-electron chi connectivity index (χ1n) is 12.0. The molecule has 1 aromatic heterocycles. The Morgan fingerprint density at radius 1 is 1.03 bits per heavy atom. The van der Waals surface area contributed by atoms with Gasteiger partial charge >= 0.3 is 6.18 Å². The molecule has 2 aliphatic rings. The van der Waals surface area contributed by atoms with Crippen LogP contribution in [0.3, 0.4) is 0 Å². The minimum atomic E-state index is -4.53. The zero-order valence-electron chi connectivity index (χ0n) is 19.8. The summed E-state index contributed by atoms with van der Waals surface area (Å²) >= 11 is 0. The summed E-state index contributed by atoms with van der Waals surface area (Å²) in [5, 5.41) is 10.2. The molecule has 0 spiro atoms. The van der Waals surface area contributed by atoms with Crippen molar-refractivity contribution in [1.29, 1.82) is 0 Å². The number of ether oxygens (including phenoxy) is 1. The highest BCUT2D eigenvalue weighted by atomic mass is 19.4. The Morgan fingerprint density at radius 2 is 1.69 bits per heavy atom. The summed E-state index contributed by atoms with van der Waals surface area (Å²) in [6.07, 6.45) is -5.93. The second-order valence-electron chi connectivity index (χ2n) is 9.84. The van der Waals surface area contributed by atoms with Crippen molar-refractivity contribution < 1.29 is 31.8 Å². The number of benzene rings is 2. The van der Waals surface area contributed by atoms with E-state index in [1.165, 1.54) is 12.1 Å². The van der Waals surface area contributed by atoms with Gasteiger partial charge in [-0.25, -0.2) is 8.78 Å². The van der Waals surface area contributed by atoms with Crippen molar-refractivity contribution in [3.05, 3.63) is 88.0 Å². The summed E-state index contributed by atoms with van der Waals surface area (Å²) < 4.78 is 75.5. The van der Waals surface area contributed by atoms with E-state index < -0.39 is 36.1 Å². The van der Waals surface area contributed by atoms with Crippen molar-refractivity contribution >= 4 is 0 Å². The van der Waals surface area contributed by atoms with Crippen molar-refractivity contribution in [2.45, 2.75) is 63.8 Å². The average molecular weight is 504 g/mol. The molecule has 1 aliphatic heterocycles. The van der Waals surface area contributed by atoms with Gasteiger partial charge in [-0.2, -0.15) is 13.2 Å². The molecule has 0 radical (unpaired) electrons. The number of aromatic nitrogens is 1. The molecule has 5 rings (SSSR count). The Morgan fingerprint density at radius 3 is 2.31 bits per heavy atom. The van der Waals surface area contributed by atoms with Crippen LogP contribution >= 0.6 is 0 Å². The maximum atomic E-state index is 16.4. The molecule has 4 unspecified atom stereocenters. The summed E-state index contributed by atoms with van der Waals surface area (Å²) in [5.74, 6) is -0.613. The molecule has 0 bridgehead atoms. The van der Waals surface area contributed by atoms with Crippen LogP contribution in [0.15, 0.2) is 48.5 Å². The molecule has 2 aromatic carbocycles. The fraction of sp³-hybridized carbons (Fsp3) is 0.393. The third-order valence-electron chi connectivity index (χ3n) is 7.12. The van der Waals surface area contributed by atoms with Crippen LogP contribution in [0.25, 0.3) is 11.1 Å². The fourth-order valence-electron chi connectivity index (χ4n) is 5.43. The Bertz CT molecular complexity index is 1250. The molecule has 8 heteroatoms. The third-order valence-corrected chi connectivity index (χ3v) is 7.12. The van der Waals surface area contributed by atoms with Gasteiger partial charge < -0.3 is 9.84 Å². The maximum Gasteiger partial charge on any atom is 0.416 e. The Kier molecular flexibility index (Phi) is 6.37. The molecule has 1 saturated heterocycles. The zero-order valence-corrected chi connectivity index (χ0v) is 19.8. The van der Waals surface area contributed by atoms with Gasteiger partial charge in [-0.3, -0.25) is 4.98 Å². The SMILES string of the molecule is CC(C)c1nc2c(c(-c3ccc(F)cc3)c1C(F)c1ccc(C(F)(F)F)cc1)C1OC(O)CC1CC2. The third kappa shape index (κ3) is 4.41. The number of hydrogen-bond donors (Lipinski definition) is 1. The van der Waals surface area contributed by atoms with Crippen LogP contribution in [0.1, 0.15) is 78.5 Å². The van der Waals surface area contributed by atoms with Gasteiger partial charge in [0.2, 0.25) is 0 Å². The van der Waals surface area contributed by atoms with Gasteiger partial charge in [0.15, 0.2) is 12.5 Å². The summed E-state index contributed by atoms with van der Waals surface area (Å²) in [6.45, 7) is 3.77. The Hall–Kier alpha value is -2.84. The Labute approximate surface area is 206 Å². The molecule has 190 valence electrons. The van der Waals surface area contributed by atoms with Gasteiger partial charge in [-0.05, 0) is 65.6 Å². The highest BCUT2D eigenvalue weighted by Gasteiger charge is 2.43. The topological polar surface area (TPSA) is 42.4 Å². The highest BCUT2D eigenvalue weighted by molar-refractivity contribution is 5.75. The van der Waals surface area contributed by atoms with E-state index in [-0.39, 0.29) is 23.0 Å². The van der Waals surface area contributed by atoms with E-state index in [0.29, 0.717) is 35.2 Å². The predicted octanol–water partition coefficient (Wildman–Crippen LogP) is 7.43. The number of halogens is 5. The lowest BCUT2D eigenvalue weighted by Gasteiger charge is -2.32. The number of fused-ring (bicyclic) bond motifs is 3. The van der Waals surface area contributed by atoms with E-state index in [1.54, 1.807) is 12.1 Å². The number of rotatable bonds is 4. The summed E-state index contributed by atoms with van der Waals surface area (Å²) in [6, 6.07) is 9.72. The summed E-state index contributed by atoms with van der Waals surface area (Å²) in [7, 11) is 0. The minimum absolute atomic E-state index is 0.0235. The second-order valence-corrected chi connectivity index (χ2v) is 9.84. The number of alkyl halides is 4. The number of hydrogen-bond acceptors (Lipinski definition) is 3. The molecule has 0 saturated carbocycles. The van der Waals surface area contributed by atoms with Crippen molar-refractivity contribution in [3.63, 3.8) is 0 Å². The van der Waals surface area contributed by atoms with Crippen LogP contribution in [-0.2, 0) is 17.3 Å². The summed E-state index contributed by atoms with van der Waals surface area (Å²) in [4.78, 5) is 4.85. The molecule has 3 aromatic rings. The maximum absolute atomic E-state index is 16.4. The first-order valence-corrected chi connectivity index (χ1v) is 12.0. The van der Waals surface area contributed by atoms with Crippen molar-refractivity contribution in [3.8, 4) is 11.1 Å². The van der Waals surface area contributed by atoms with Crippen LogP contribution in [0.4, 0.5) is 22.0 Å². The monoisotopic (exact) mass is 503 g/mol. The lowest BCUT2D eigenvalue weighted by atomic mass is 9.76. The highest BCUT2D eigenvalue weighted by Crippen LogP contribution is 2.51. The van der Waals surface area contributed by atoms with Crippen molar-refractivity contribution in [2.75, 3.05) is 0 Å². The zero-order chi connectivity index (χ0) is 25.8. The van der Waals surface area contributed by atoms with Gasteiger partial charge in [0.25, 0.3) is 0 Å². The number of nitrogens with zero attached hydrogens (tertiary/aromatic N) is 1. The number of aryl methyl sites for hydroxylation is 1. The van der Waals surface area contributed by atoms with E-state index in [9.17, 15) is 22.7 Å². The first kappa shape index (κ1) is 24.8. The lowest BCUT2D eigenvalue weighted by molar-refractivity contribution is -0.137. The van der Waals surface area contributed by atoms with E-state index in [2.05, 4.69) is 0 Å². The quantitative estimate of drug-likeness (QED) is 0.377. The normalized spacial score (nSPS) is 22.4. The van der Waals surface area contributed by atoms with Crippen LogP contribution in [0, 0.1) is 11.7 Å². The van der Waals surface area contributed by atoms with Gasteiger partial charge in [0, 0.05) is 23.2 Å². The molecule has 4 atom stereocenters. The molecule has 0 amide bonds. The van der Waals surface area contributed by atoms with Crippen LogP contribution in [-0.4, -0.2) is 16.4 Å². The molecule has 36 heavy (non-hydrogen) atoms. The van der Waals surface area contributed by atoms with Gasteiger partial charge in [-0.15, -0.1) is 0 Å². The fourth-order valence-corrected chi connectivity index (χ4v) is 5.43. The molecule has 1 fully saturated rings. The molecule has 1 aliphatic carbocycles. The minimum Gasteiger partial charge on any atom is -0.368 e. The van der Waals surface area contributed by atoms with Crippen LogP contribution in [0.5, 0.6) is 0 Å². The lowest BCUT2D eigenvalue weighted by Crippen LogP contribution is -2.23. The van der Waals surface area contributed by atoms with Gasteiger partial charge in [0.05, 0.1) is 17.4 Å². The molecule has 1 N–H and O–H groups in total. The molecular formula is C28H26F5NO2. The molecule has 3 nitrogen and oxygen atoms in total. The van der Waals surface area contributed by atoms with Crippen LogP contribution < -0.4 is 0 Å². The largest absolute Gasteiger partial charge is 0.416 e. The van der Waals surface area contributed by atoms with E-state index >= 15 is 4.39 Å². The van der Waals surface area contributed by atoms with Gasteiger partial charge in [-0.1, -0.05) is 38.1 Å². The Balaban J connectivity index is 1.76. The van der Waals surface area contributed by atoms with E-state index in [0.717, 1.165) is 36.4 Å². The number of aliphatic hydroxyl groups is 1.